The van der Waals surface area contributed by atoms with Gasteiger partial charge >= 0.3 is 5.97 Å². The maximum absolute atomic E-state index is 13.1. The number of ether oxygens (including phenoxy) is 1. The number of sulfonamides is 1. The molecule has 0 aliphatic carbocycles. The number of esters is 1. The van der Waals surface area contributed by atoms with E-state index in [1.807, 2.05) is 0 Å². The number of anilines is 1. The lowest BCUT2D eigenvalue weighted by atomic mass is 10.1. The molecule has 10 heteroatoms. The van der Waals surface area contributed by atoms with E-state index in [0.29, 0.717) is 13.1 Å². The van der Waals surface area contributed by atoms with E-state index in [9.17, 15) is 22.4 Å². The molecule has 1 atom stereocenters. The minimum Gasteiger partial charge on any atom is -0.449 e. The largest absolute Gasteiger partial charge is 0.449 e. The highest BCUT2D eigenvalue weighted by Gasteiger charge is 2.27. The number of hydrogen-bond acceptors (Lipinski definition) is 5. The first-order valence-electron chi connectivity index (χ1n) is 9.75. The molecule has 31 heavy (non-hydrogen) atoms. The zero-order valence-corrected chi connectivity index (χ0v) is 18.4. The van der Waals surface area contributed by atoms with Crippen molar-refractivity contribution in [3.8, 4) is 0 Å². The molecule has 1 saturated heterocycles. The Morgan fingerprint density at radius 3 is 2.39 bits per heavy atom. The van der Waals surface area contributed by atoms with Crippen LogP contribution in [0.2, 0.25) is 5.02 Å². The van der Waals surface area contributed by atoms with E-state index in [0.717, 1.165) is 37.5 Å². The van der Waals surface area contributed by atoms with Crippen LogP contribution < -0.4 is 4.72 Å². The van der Waals surface area contributed by atoms with Gasteiger partial charge in [0, 0.05) is 18.8 Å². The lowest BCUT2D eigenvalue weighted by Crippen LogP contribution is -2.42. The summed E-state index contributed by atoms with van der Waals surface area (Å²) in [6.45, 7) is 2.73. The van der Waals surface area contributed by atoms with E-state index in [4.69, 9.17) is 16.3 Å². The number of amides is 1. The Balaban J connectivity index is 1.75. The Morgan fingerprint density at radius 2 is 1.74 bits per heavy atom. The average Bonchev–Trinajstić information content (AvgIpc) is 2.75. The smallest absolute Gasteiger partial charge is 0.338 e. The van der Waals surface area contributed by atoms with Crippen molar-refractivity contribution in [3.63, 3.8) is 0 Å². The second-order valence-corrected chi connectivity index (χ2v) is 9.25. The van der Waals surface area contributed by atoms with Gasteiger partial charge in [0.25, 0.3) is 15.9 Å². The summed E-state index contributed by atoms with van der Waals surface area (Å²) in [7, 11) is -4.16. The molecule has 7 nitrogen and oxygen atoms in total. The number of benzene rings is 2. The molecule has 0 saturated carbocycles. The van der Waals surface area contributed by atoms with Gasteiger partial charge in [0.1, 0.15) is 10.7 Å². The van der Waals surface area contributed by atoms with Gasteiger partial charge in [-0.1, -0.05) is 11.6 Å². The number of nitrogens with one attached hydrogen (secondary N) is 1. The van der Waals surface area contributed by atoms with Crippen molar-refractivity contribution in [2.45, 2.75) is 37.2 Å². The fraction of sp³-hybridized carbons (Fsp3) is 0.333. The Kier molecular flexibility index (Phi) is 7.17. The SMILES string of the molecule is C[C@H](OC(=O)c1ccc(Cl)c(S(=O)(=O)Nc2ccc(F)cc2)c1)C(=O)N1CCCCC1. The lowest BCUT2D eigenvalue weighted by molar-refractivity contribution is -0.140. The van der Waals surface area contributed by atoms with E-state index in [1.165, 1.54) is 31.2 Å². The third kappa shape index (κ3) is 5.74. The van der Waals surface area contributed by atoms with E-state index in [2.05, 4.69) is 4.72 Å². The molecule has 3 rings (SSSR count). The Morgan fingerprint density at radius 1 is 1.10 bits per heavy atom. The number of halogens is 2. The van der Waals surface area contributed by atoms with Crippen molar-refractivity contribution in [1.82, 2.24) is 4.90 Å². The second kappa shape index (κ2) is 9.65. The number of carbonyl (C=O) groups is 2. The molecule has 0 bridgehead atoms. The lowest BCUT2D eigenvalue weighted by Gasteiger charge is -2.28. The summed E-state index contributed by atoms with van der Waals surface area (Å²) in [4.78, 5) is 26.3. The fourth-order valence-corrected chi connectivity index (χ4v) is 4.80. The minimum atomic E-state index is -4.16. The van der Waals surface area contributed by atoms with Crippen LogP contribution in [0.5, 0.6) is 0 Å². The van der Waals surface area contributed by atoms with Crippen molar-refractivity contribution < 1.29 is 27.1 Å². The summed E-state index contributed by atoms with van der Waals surface area (Å²) in [6, 6.07) is 8.38. The average molecular weight is 469 g/mol. The molecular formula is C21H22ClFN2O5S. The molecule has 0 radical (unpaired) electrons. The maximum atomic E-state index is 13.1. The molecule has 0 spiro atoms. The van der Waals surface area contributed by atoms with Crippen molar-refractivity contribution in [2.75, 3.05) is 17.8 Å². The van der Waals surface area contributed by atoms with Crippen LogP contribution in [0.15, 0.2) is 47.4 Å². The predicted molar refractivity (Wildman–Crippen MR) is 114 cm³/mol. The summed E-state index contributed by atoms with van der Waals surface area (Å²) in [6.07, 6.45) is 1.88. The van der Waals surface area contributed by atoms with E-state index in [1.54, 1.807) is 4.90 Å². The van der Waals surface area contributed by atoms with Gasteiger partial charge in [0.15, 0.2) is 6.10 Å². The maximum Gasteiger partial charge on any atom is 0.338 e. The molecule has 1 heterocycles. The van der Waals surface area contributed by atoms with Gasteiger partial charge in [-0.05, 0) is 68.7 Å². The highest BCUT2D eigenvalue weighted by atomic mass is 35.5. The van der Waals surface area contributed by atoms with Gasteiger partial charge in [-0.3, -0.25) is 9.52 Å². The van der Waals surface area contributed by atoms with Crippen molar-refractivity contribution in [1.29, 1.82) is 0 Å². The topological polar surface area (TPSA) is 92.8 Å². The van der Waals surface area contributed by atoms with Crippen molar-refractivity contribution in [2.24, 2.45) is 0 Å². The van der Waals surface area contributed by atoms with Crippen LogP contribution in [0.25, 0.3) is 0 Å². The number of likely N-dealkylation sites (tertiary alicyclic amines) is 1. The summed E-state index contributed by atoms with van der Waals surface area (Å²) in [5, 5.41) is -0.108. The van der Waals surface area contributed by atoms with Crippen molar-refractivity contribution >= 4 is 39.2 Å². The standard InChI is InChI=1S/C21H22ClFN2O5S/c1-14(20(26)25-11-3-2-4-12-25)30-21(27)15-5-10-18(22)19(13-15)31(28,29)24-17-8-6-16(23)7-9-17/h5-10,13-14,24H,2-4,11-12H2,1H3/t14-/m0/s1. The number of rotatable bonds is 6. The Hall–Kier alpha value is -2.65. The molecular weight excluding hydrogens is 447 g/mol. The third-order valence-corrected chi connectivity index (χ3v) is 6.72. The number of carbonyl (C=O) groups excluding carboxylic acids is 2. The second-order valence-electron chi connectivity index (χ2n) is 7.19. The predicted octanol–water partition coefficient (Wildman–Crippen LogP) is 3.84. The molecule has 2 aromatic rings. The van der Waals surface area contributed by atoms with Crippen LogP contribution >= 0.6 is 11.6 Å². The summed E-state index contributed by atoms with van der Waals surface area (Å²) < 4.78 is 46.0. The molecule has 1 amide bonds. The third-order valence-electron chi connectivity index (χ3n) is 4.85. The molecule has 1 aliphatic heterocycles. The normalized spacial score (nSPS) is 15.3. The first-order chi connectivity index (χ1) is 14.7. The number of nitrogens with zero attached hydrogens (tertiary/aromatic N) is 1. The minimum absolute atomic E-state index is 0.0674. The summed E-state index contributed by atoms with van der Waals surface area (Å²) in [5.41, 5.74) is 0.0633. The number of piperidine rings is 1. The molecule has 166 valence electrons. The molecule has 0 unspecified atom stereocenters. The van der Waals surface area contributed by atoms with Crippen LogP contribution in [-0.4, -0.2) is 44.4 Å². The van der Waals surface area contributed by atoms with Gasteiger partial charge in [-0.15, -0.1) is 0 Å². The van der Waals surface area contributed by atoms with Crippen LogP contribution in [0.1, 0.15) is 36.5 Å². The molecule has 2 aromatic carbocycles. The fourth-order valence-electron chi connectivity index (χ4n) is 3.21. The Labute approximate surface area is 185 Å². The first-order valence-corrected chi connectivity index (χ1v) is 11.6. The Bertz CT molecular complexity index is 1070. The van der Waals surface area contributed by atoms with Gasteiger partial charge in [-0.2, -0.15) is 0 Å². The van der Waals surface area contributed by atoms with Gasteiger partial charge in [0.2, 0.25) is 0 Å². The van der Waals surface area contributed by atoms with Crippen LogP contribution in [-0.2, 0) is 19.6 Å². The molecule has 0 aromatic heterocycles. The van der Waals surface area contributed by atoms with Gasteiger partial charge < -0.3 is 9.64 Å². The molecule has 1 fully saturated rings. The van der Waals surface area contributed by atoms with Crippen LogP contribution in [0, 0.1) is 5.82 Å². The first kappa shape index (κ1) is 23.0. The monoisotopic (exact) mass is 468 g/mol. The van der Waals surface area contributed by atoms with E-state index in [-0.39, 0.29) is 27.1 Å². The summed E-state index contributed by atoms with van der Waals surface area (Å²) in [5.74, 6) is -1.64. The number of hydrogen-bond donors (Lipinski definition) is 1. The van der Waals surface area contributed by atoms with E-state index >= 15 is 0 Å². The van der Waals surface area contributed by atoms with Crippen LogP contribution in [0.3, 0.4) is 0 Å². The quantitative estimate of drug-likeness (QED) is 0.650. The van der Waals surface area contributed by atoms with Gasteiger partial charge in [0.05, 0.1) is 10.6 Å². The van der Waals surface area contributed by atoms with Gasteiger partial charge in [-0.25, -0.2) is 17.6 Å². The zero-order valence-electron chi connectivity index (χ0n) is 16.8. The molecule has 1 aliphatic rings. The summed E-state index contributed by atoms with van der Waals surface area (Å²) >= 11 is 6.04. The van der Waals surface area contributed by atoms with Crippen LogP contribution in [0.4, 0.5) is 10.1 Å². The molecule has 1 N–H and O–H groups in total. The van der Waals surface area contributed by atoms with Crippen molar-refractivity contribution in [3.05, 3.63) is 58.9 Å². The highest BCUT2D eigenvalue weighted by Crippen LogP contribution is 2.26. The zero-order chi connectivity index (χ0) is 22.6. The highest BCUT2D eigenvalue weighted by molar-refractivity contribution is 7.92. The van der Waals surface area contributed by atoms with E-state index < -0.39 is 27.9 Å².